The van der Waals surface area contributed by atoms with Crippen LogP contribution in [0.4, 0.5) is 0 Å². The average molecular weight is 222 g/mol. The summed E-state index contributed by atoms with van der Waals surface area (Å²) >= 11 is 0. The predicted molar refractivity (Wildman–Crippen MR) is 68.3 cm³/mol. The van der Waals surface area contributed by atoms with Gasteiger partial charge < -0.3 is 4.74 Å². The van der Waals surface area contributed by atoms with E-state index in [1.54, 1.807) is 0 Å². The molecule has 2 heterocycles. The molecule has 2 unspecified atom stereocenters. The van der Waals surface area contributed by atoms with E-state index in [9.17, 15) is 0 Å². The molecule has 2 atom stereocenters. The molecule has 1 heteroatoms. The number of rotatable bonds is 0. The van der Waals surface area contributed by atoms with Crippen LogP contribution in [0.5, 0.6) is 0 Å². The summed E-state index contributed by atoms with van der Waals surface area (Å²) in [6, 6.07) is 0. The molecule has 0 aromatic heterocycles. The first kappa shape index (κ1) is 12.0. The highest BCUT2D eigenvalue weighted by atomic mass is 16.5. The highest BCUT2D eigenvalue weighted by molar-refractivity contribution is 5.01. The van der Waals surface area contributed by atoms with E-state index in [-0.39, 0.29) is 0 Å². The number of ether oxygens (including phenoxy) is 1. The van der Waals surface area contributed by atoms with Crippen LogP contribution in [0, 0.1) is 5.92 Å². The second-order valence-electron chi connectivity index (χ2n) is 5.60. The summed E-state index contributed by atoms with van der Waals surface area (Å²) < 4.78 is 6.09. The lowest BCUT2D eigenvalue weighted by atomic mass is 9.94. The van der Waals surface area contributed by atoms with Gasteiger partial charge in [-0.2, -0.15) is 0 Å². The third-order valence-electron chi connectivity index (χ3n) is 3.87. The van der Waals surface area contributed by atoms with Gasteiger partial charge in [0.25, 0.3) is 0 Å². The molecule has 0 amide bonds. The lowest BCUT2D eigenvalue weighted by Gasteiger charge is -2.28. The predicted octanol–water partition coefficient (Wildman–Crippen LogP) is 4.82. The minimum atomic E-state index is 0.523. The fourth-order valence-corrected chi connectivity index (χ4v) is 2.98. The van der Waals surface area contributed by atoms with Crippen LogP contribution in [0.15, 0.2) is 11.8 Å². The Kier molecular flexibility index (Phi) is 4.74. The quantitative estimate of drug-likeness (QED) is 0.571. The SMILES string of the molecule is CC1C=C2CCCCCCCCCC(C1)O2. The van der Waals surface area contributed by atoms with Gasteiger partial charge in [0, 0.05) is 6.42 Å². The Morgan fingerprint density at radius 3 is 2.50 bits per heavy atom. The maximum atomic E-state index is 6.09. The van der Waals surface area contributed by atoms with Crippen LogP contribution in [0.25, 0.3) is 0 Å². The van der Waals surface area contributed by atoms with Crippen LogP contribution < -0.4 is 0 Å². The lowest BCUT2D eigenvalue weighted by Crippen LogP contribution is -2.21. The van der Waals surface area contributed by atoms with E-state index in [4.69, 9.17) is 4.74 Å². The summed E-state index contributed by atoms with van der Waals surface area (Å²) in [6.45, 7) is 2.33. The van der Waals surface area contributed by atoms with Gasteiger partial charge in [0.2, 0.25) is 0 Å². The van der Waals surface area contributed by atoms with Crippen LogP contribution >= 0.6 is 0 Å². The summed E-state index contributed by atoms with van der Waals surface area (Å²) in [5.74, 6) is 2.03. The number of hydrogen-bond acceptors (Lipinski definition) is 1. The van der Waals surface area contributed by atoms with Crippen molar-refractivity contribution in [2.75, 3.05) is 0 Å². The third kappa shape index (κ3) is 3.84. The van der Waals surface area contributed by atoms with Gasteiger partial charge >= 0.3 is 0 Å². The van der Waals surface area contributed by atoms with Crippen molar-refractivity contribution in [2.24, 2.45) is 5.92 Å². The molecule has 16 heavy (non-hydrogen) atoms. The van der Waals surface area contributed by atoms with Crippen molar-refractivity contribution >= 4 is 0 Å². The first-order valence-electron chi connectivity index (χ1n) is 7.22. The fraction of sp³-hybridized carbons (Fsp3) is 0.867. The monoisotopic (exact) mass is 222 g/mol. The third-order valence-corrected chi connectivity index (χ3v) is 3.87. The Hall–Kier alpha value is -0.460. The molecule has 2 aliphatic heterocycles. The number of fused-ring (bicyclic) bond motifs is 2. The Morgan fingerprint density at radius 1 is 1.00 bits per heavy atom. The Morgan fingerprint density at radius 2 is 1.69 bits per heavy atom. The van der Waals surface area contributed by atoms with E-state index in [2.05, 4.69) is 13.0 Å². The van der Waals surface area contributed by atoms with Crippen molar-refractivity contribution < 1.29 is 4.74 Å². The molecule has 92 valence electrons. The number of hydrogen-bond donors (Lipinski definition) is 0. The normalized spacial score (nSPS) is 32.9. The summed E-state index contributed by atoms with van der Waals surface area (Å²) in [5, 5.41) is 0. The Bertz CT molecular complexity index is 232. The zero-order valence-corrected chi connectivity index (χ0v) is 10.7. The molecule has 1 nitrogen and oxygen atoms in total. The van der Waals surface area contributed by atoms with Crippen molar-refractivity contribution in [3.05, 3.63) is 11.8 Å². The van der Waals surface area contributed by atoms with Gasteiger partial charge in [0.1, 0.15) is 0 Å². The van der Waals surface area contributed by atoms with Crippen molar-refractivity contribution in [2.45, 2.75) is 77.2 Å². The highest BCUT2D eigenvalue weighted by Gasteiger charge is 2.20. The average Bonchev–Trinajstić information content (AvgIpc) is 2.24. The molecule has 0 saturated carbocycles. The van der Waals surface area contributed by atoms with E-state index in [1.165, 1.54) is 70.0 Å². The fourth-order valence-electron chi connectivity index (χ4n) is 2.98. The molecule has 2 bridgehead atoms. The summed E-state index contributed by atoms with van der Waals surface area (Å²) in [4.78, 5) is 0. The van der Waals surface area contributed by atoms with Crippen molar-refractivity contribution in [1.29, 1.82) is 0 Å². The maximum absolute atomic E-state index is 6.09. The molecule has 1 saturated heterocycles. The van der Waals surface area contributed by atoms with Crippen molar-refractivity contribution in [1.82, 2.24) is 0 Å². The smallest absolute Gasteiger partial charge is 0.0987 e. The van der Waals surface area contributed by atoms with Crippen molar-refractivity contribution in [3.63, 3.8) is 0 Å². The standard InChI is InChI=1S/C15H26O/c1-13-11-14-9-7-5-3-2-4-6-8-10-15(12-13)16-14/h11,13,15H,2-10,12H2,1H3. The minimum absolute atomic E-state index is 0.523. The van der Waals surface area contributed by atoms with Crippen LogP contribution in [0.1, 0.15) is 71.1 Å². The maximum Gasteiger partial charge on any atom is 0.0987 e. The van der Waals surface area contributed by atoms with Crippen LogP contribution in [-0.4, -0.2) is 6.10 Å². The highest BCUT2D eigenvalue weighted by Crippen LogP contribution is 2.28. The van der Waals surface area contributed by atoms with Crippen LogP contribution in [0.3, 0.4) is 0 Å². The van der Waals surface area contributed by atoms with Gasteiger partial charge in [0.15, 0.2) is 0 Å². The molecular weight excluding hydrogens is 196 g/mol. The molecule has 2 aliphatic rings. The van der Waals surface area contributed by atoms with E-state index < -0.39 is 0 Å². The Balaban J connectivity index is 1.90. The van der Waals surface area contributed by atoms with Crippen LogP contribution in [0.2, 0.25) is 0 Å². The molecule has 0 aromatic rings. The van der Waals surface area contributed by atoms with E-state index in [0.717, 1.165) is 5.92 Å². The van der Waals surface area contributed by atoms with E-state index >= 15 is 0 Å². The van der Waals surface area contributed by atoms with E-state index in [1.807, 2.05) is 0 Å². The van der Waals surface area contributed by atoms with Crippen LogP contribution in [-0.2, 0) is 4.74 Å². The summed E-state index contributed by atoms with van der Waals surface area (Å²) in [5.41, 5.74) is 0. The van der Waals surface area contributed by atoms with E-state index in [0.29, 0.717) is 6.10 Å². The van der Waals surface area contributed by atoms with Gasteiger partial charge in [-0.05, 0) is 37.7 Å². The molecule has 1 fully saturated rings. The molecule has 0 radical (unpaired) electrons. The second kappa shape index (κ2) is 6.32. The Labute approximate surface area is 100 Å². The zero-order chi connectivity index (χ0) is 11.2. The van der Waals surface area contributed by atoms with Gasteiger partial charge in [-0.25, -0.2) is 0 Å². The second-order valence-corrected chi connectivity index (χ2v) is 5.60. The topological polar surface area (TPSA) is 9.23 Å². The molecule has 2 rings (SSSR count). The number of allylic oxidation sites excluding steroid dienone is 2. The first-order valence-corrected chi connectivity index (χ1v) is 7.22. The molecular formula is C15H26O. The first-order chi connectivity index (χ1) is 7.84. The summed E-state index contributed by atoms with van der Waals surface area (Å²) in [7, 11) is 0. The zero-order valence-electron chi connectivity index (χ0n) is 10.7. The largest absolute Gasteiger partial charge is 0.495 e. The summed E-state index contributed by atoms with van der Waals surface area (Å²) in [6.07, 6.45) is 16.4. The molecule has 0 N–H and O–H groups in total. The lowest BCUT2D eigenvalue weighted by molar-refractivity contribution is 0.0654. The van der Waals surface area contributed by atoms with Crippen molar-refractivity contribution in [3.8, 4) is 0 Å². The van der Waals surface area contributed by atoms with Gasteiger partial charge in [0.05, 0.1) is 11.9 Å². The molecule has 0 aromatic carbocycles. The van der Waals surface area contributed by atoms with Gasteiger partial charge in [-0.3, -0.25) is 0 Å². The van der Waals surface area contributed by atoms with Gasteiger partial charge in [-0.1, -0.05) is 39.0 Å². The molecule has 0 aliphatic carbocycles. The van der Waals surface area contributed by atoms with Gasteiger partial charge in [-0.15, -0.1) is 0 Å². The minimum Gasteiger partial charge on any atom is -0.495 e. The molecule has 0 spiro atoms.